The number of carbonyl (C=O) groups excluding carboxylic acids is 1. The SMILES string of the molecule is C=CC[C@@]12CCCC1C(=O)[C@](CC=C)(C(C)c1ccccc1)O2. The van der Waals surface area contributed by atoms with Gasteiger partial charge >= 0.3 is 0 Å². The van der Waals surface area contributed by atoms with Crippen molar-refractivity contribution in [3.05, 3.63) is 61.2 Å². The smallest absolute Gasteiger partial charge is 0.171 e. The lowest BCUT2D eigenvalue weighted by Gasteiger charge is -2.37. The Morgan fingerprint density at radius 3 is 2.61 bits per heavy atom. The van der Waals surface area contributed by atoms with E-state index in [2.05, 4.69) is 32.2 Å². The van der Waals surface area contributed by atoms with Crippen molar-refractivity contribution in [3.8, 4) is 0 Å². The van der Waals surface area contributed by atoms with E-state index in [4.69, 9.17) is 4.74 Å². The summed E-state index contributed by atoms with van der Waals surface area (Å²) in [6.45, 7) is 9.89. The second-order valence-electron chi connectivity index (χ2n) is 6.98. The van der Waals surface area contributed by atoms with Crippen LogP contribution in [0.4, 0.5) is 0 Å². The van der Waals surface area contributed by atoms with Crippen molar-refractivity contribution in [2.75, 3.05) is 0 Å². The number of Topliss-reactive ketones (excluding diaryl/α,β-unsaturated/α-hetero) is 1. The predicted octanol–water partition coefficient (Wildman–Crippen LogP) is 4.82. The van der Waals surface area contributed by atoms with Gasteiger partial charge in [-0.25, -0.2) is 0 Å². The average molecular weight is 310 g/mol. The van der Waals surface area contributed by atoms with Gasteiger partial charge in [0.05, 0.1) is 11.5 Å². The molecule has 0 amide bonds. The number of hydrogen-bond donors (Lipinski definition) is 0. The number of fused-ring (bicyclic) bond motifs is 1. The van der Waals surface area contributed by atoms with Crippen molar-refractivity contribution in [2.45, 2.75) is 56.1 Å². The van der Waals surface area contributed by atoms with Gasteiger partial charge in [0, 0.05) is 12.3 Å². The maximum absolute atomic E-state index is 13.4. The second-order valence-corrected chi connectivity index (χ2v) is 6.98. The van der Waals surface area contributed by atoms with Gasteiger partial charge in [0.1, 0.15) is 5.60 Å². The number of rotatable bonds is 6. The summed E-state index contributed by atoms with van der Waals surface area (Å²) < 4.78 is 6.68. The van der Waals surface area contributed by atoms with E-state index in [9.17, 15) is 4.79 Å². The molecule has 2 fully saturated rings. The lowest BCUT2D eigenvalue weighted by Crippen LogP contribution is -2.43. The van der Waals surface area contributed by atoms with Crippen LogP contribution in [0.15, 0.2) is 55.6 Å². The largest absolute Gasteiger partial charge is 0.359 e. The minimum atomic E-state index is -0.781. The Labute approximate surface area is 139 Å². The lowest BCUT2D eigenvalue weighted by atomic mass is 9.75. The van der Waals surface area contributed by atoms with E-state index in [1.54, 1.807) is 0 Å². The third-order valence-corrected chi connectivity index (χ3v) is 5.78. The van der Waals surface area contributed by atoms with Crippen LogP contribution in [0.5, 0.6) is 0 Å². The van der Waals surface area contributed by atoms with Crippen molar-refractivity contribution in [1.29, 1.82) is 0 Å². The summed E-state index contributed by atoms with van der Waals surface area (Å²) in [5.74, 6) is 0.293. The van der Waals surface area contributed by atoms with Crippen LogP contribution in [-0.4, -0.2) is 17.0 Å². The van der Waals surface area contributed by atoms with E-state index in [0.717, 1.165) is 31.2 Å². The highest BCUT2D eigenvalue weighted by Crippen LogP contribution is 2.56. The topological polar surface area (TPSA) is 26.3 Å². The van der Waals surface area contributed by atoms with Crippen LogP contribution in [-0.2, 0) is 9.53 Å². The van der Waals surface area contributed by atoms with Gasteiger partial charge in [0.25, 0.3) is 0 Å². The molecular formula is C21H26O2. The molecule has 0 bridgehead atoms. The minimum absolute atomic E-state index is 0.00612. The first-order chi connectivity index (χ1) is 11.1. The van der Waals surface area contributed by atoms with Gasteiger partial charge in [-0.15, -0.1) is 13.2 Å². The molecule has 1 aromatic carbocycles. The molecule has 1 saturated heterocycles. The maximum Gasteiger partial charge on any atom is 0.171 e. The quantitative estimate of drug-likeness (QED) is 0.704. The molecule has 1 saturated carbocycles. The molecule has 1 heterocycles. The molecule has 4 atom stereocenters. The van der Waals surface area contributed by atoms with Crippen LogP contribution < -0.4 is 0 Å². The zero-order valence-electron chi connectivity index (χ0n) is 14.0. The molecule has 2 nitrogen and oxygen atoms in total. The first-order valence-electron chi connectivity index (χ1n) is 8.61. The molecule has 0 radical (unpaired) electrons. The van der Waals surface area contributed by atoms with Gasteiger partial charge < -0.3 is 4.74 Å². The molecule has 2 aliphatic rings. The molecule has 3 rings (SSSR count). The van der Waals surface area contributed by atoms with E-state index in [1.807, 2.05) is 30.4 Å². The highest BCUT2D eigenvalue weighted by atomic mass is 16.5. The lowest BCUT2D eigenvalue weighted by molar-refractivity contribution is -0.144. The van der Waals surface area contributed by atoms with Gasteiger partial charge in [0.2, 0.25) is 0 Å². The summed E-state index contributed by atoms with van der Waals surface area (Å²) in [6.07, 6.45) is 8.01. The van der Waals surface area contributed by atoms with Crippen LogP contribution in [0.2, 0.25) is 0 Å². The summed E-state index contributed by atoms with van der Waals surface area (Å²) in [5.41, 5.74) is 0.0265. The number of ether oxygens (including phenoxy) is 1. The fourth-order valence-corrected chi connectivity index (χ4v) is 4.62. The van der Waals surface area contributed by atoms with Crippen LogP contribution in [0.1, 0.15) is 50.5 Å². The van der Waals surface area contributed by atoms with E-state index in [-0.39, 0.29) is 23.2 Å². The third-order valence-electron chi connectivity index (χ3n) is 5.78. The molecule has 2 unspecified atom stereocenters. The molecule has 0 N–H and O–H groups in total. The molecule has 122 valence electrons. The van der Waals surface area contributed by atoms with E-state index < -0.39 is 5.60 Å². The Kier molecular flexibility index (Phi) is 4.29. The fraction of sp³-hybridized carbons (Fsp3) is 0.476. The van der Waals surface area contributed by atoms with E-state index in [1.165, 1.54) is 0 Å². The van der Waals surface area contributed by atoms with Gasteiger partial charge in [0.15, 0.2) is 5.78 Å². The molecular weight excluding hydrogens is 284 g/mol. The first kappa shape index (κ1) is 16.2. The van der Waals surface area contributed by atoms with Gasteiger partial charge in [-0.05, 0) is 31.2 Å². The number of ketones is 1. The Morgan fingerprint density at radius 2 is 1.96 bits per heavy atom. The van der Waals surface area contributed by atoms with Crippen LogP contribution in [0, 0.1) is 5.92 Å². The Balaban J connectivity index is 2.03. The molecule has 0 spiro atoms. The predicted molar refractivity (Wildman–Crippen MR) is 93.4 cm³/mol. The van der Waals surface area contributed by atoms with Crippen LogP contribution >= 0.6 is 0 Å². The molecule has 1 aliphatic heterocycles. The Morgan fingerprint density at radius 1 is 1.26 bits per heavy atom. The summed E-state index contributed by atoms with van der Waals surface area (Å²) in [6, 6.07) is 10.2. The van der Waals surface area contributed by atoms with Crippen molar-refractivity contribution < 1.29 is 9.53 Å². The van der Waals surface area contributed by atoms with Gasteiger partial charge in [-0.1, -0.05) is 49.4 Å². The summed E-state index contributed by atoms with van der Waals surface area (Å²) in [4.78, 5) is 13.4. The molecule has 1 aromatic rings. The van der Waals surface area contributed by atoms with E-state index in [0.29, 0.717) is 6.42 Å². The normalized spacial score (nSPS) is 34.1. The fourth-order valence-electron chi connectivity index (χ4n) is 4.62. The van der Waals surface area contributed by atoms with Gasteiger partial charge in [-0.2, -0.15) is 0 Å². The van der Waals surface area contributed by atoms with Gasteiger partial charge in [-0.3, -0.25) is 4.79 Å². The zero-order chi connectivity index (χ0) is 16.5. The third kappa shape index (κ3) is 2.40. The molecule has 1 aliphatic carbocycles. The monoisotopic (exact) mass is 310 g/mol. The second kappa shape index (κ2) is 6.09. The average Bonchev–Trinajstić information content (AvgIpc) is 3.05. The van der Waals surface area contributed by atoms with Crippen LogP contribution in [0.3, 0.4) is 0 Å². The molecule has 23 heavy (non-hydrogen) atoms. The van der Waals surface area contributed by atoms with Crippen molar-refractivity contribution in [1.82, 2.24) is 0 Å². The van der Waals surface area contributed by atoms with Crippen molar-refractivity contribution in [3.63, 3.8) is 0 Å². The zero-order valence-corrected chi connectivity index (χ0v) is 14.0. The standard InChI is InChI=1S/C21H26O2/c1-4-13-20-15-9-12-18(20)19(22)21(23-20,14-5-2)16(3)17-10-7-6-8-11-17/h4-8,10-11,16,18H,1-2,9,12-15H2,3H3/t16?,18?,20-,21+/m1/s1. The Hall–Kier alpha value is -1.67. The summed E-state index contributed by atoms with van der Waals surface area (Å²) in [5, 5.41) is 0. The Bertz CT molecular complexity index is 606. The number of hydrogen-bond acceptors (Lipinski definition) is 2. The molecule has 2 heteroatoms. The summed E-state index contributed by atoms with van der Waals surface area (Å²) in [7, 11) is 0. The first-order valence-corrected chi connectivity index (χ1v) is 8.61. The minimum Gasteiger partial charge on any atom is -0.359 e. The number of benzene rings is 1. The maximum atomic E-state index is 13.4. The highest BCUT2D eigenvalue weighted by Gasteiger charge is 2.64. The summed E-state index contributed by atoms with van der Waals surface area (Å²) >= 11 is 0. The molecule has 0 aromatic heterocycles. The highest BCUT2D eigenvalue weighted by molar-refractivity contribution is 5.94. The van der Waals surface area contributed by atoms with Crippen molar-refractivity contribution >= 4 is 5.78 Å². The number of carbonyl (C=O) groups is 1. The van der Waals surface area contributed by atoms with Crippen molar-refractivity contribution in [2.24, 2.45) is 5.92 Å². The van der Waals surface area contributed by atoms with E-state index >= 15 is 0 Å². The van der Waals surface area contributed by atoms with Crippen LogP contribution in [0.25, 0.3) is 0 Å².